The van der Waals surface area contributed by atoms with E-state index in [0.29, 0.717) is 5.92 Å². The first kappa shape index (κ1) is 14.8. The van der Waals surface area contributed by atoms with E-state index in [9.17, 15) is 0 Å². The smallest absolute Gasteiger partial charge is 0.0764 e. The summed E-state index contributed by atoms with van der Waals surface area (Å²) in [5, 5.41) is 0.239. The molecule has 1 aliphatic carbocycles. The molecular formula is C19H25NS. The summed E-state index contributed by atoms with van der Waals surface area (Å²) in [4.78, 5) is 2.40. The van der Waals surface area contributed by atoms with Gasteiger partial charge in [0.25, 0.3) is 0 Å². The highest BCUT2D eigenvalue weighted by Crippen LogP contribution is 2.58. The molecule has 0 spiro atoms. The summed E-state index contributed by atoms with van der Waals surface area (Å²) in [5.41, 5.74) is 5.61. The maximum atomic E-state index is 4.85. The molecule has 1 aromatic carbocycles. The van der Waals surface area contributed by atoms with Crippen molar-refractivity contribution in [2.24, 2.45) is 5.41 Å². The molecule has 2 unspecified atom stereocenters. The molecule has 1 saturated heterocycles. The fraction of sp³-hybridized carbons (Fsp3) is 0.474. The van der Waals surface area contributed by atoms with E-state index in [0.717, 1.165) is 19.3 Å². The minimum atomic E-state index is 0.0527. The van der Waals surface area contributed by atoms with Crippen LogP contribution in [0.25, 0.3) is 0 Å². The normalized spacial score (nSPS) is 24.4. The van der Waals surface area contributed by atoms with E-state index < -0.39 is 0 Å². The number of nitrogens with zero attached hydrogens (tertiary/aromatic N) is 1. The molecule has 1 fully saturated rings. The molecule has 1 aliphatic heterocycles. The van der Waals surface area contributed by atoms with Crippen LogP contribution >= 0.6 is 12.6 Å². The second-order valence-corrected chi connectivity index (χ2v) is 7.37. The van der Waals surface area contributed by atoms with Crippen molar-refractivity contribution in [2.45, 2.75) is 51.3 Å². The molecule has 1 aromatic rings. The number of hydrogen-bond acceptors (Lipinski definition) is 2. The predicted molar refractivity (Wildman–Crippen MR) is 93.4 cm³/mol. The van der Waals surface area contributed by atoms with Gasteiger partial charge in [-0.3, -0.25) is 0 Å². The van der Waals surface area contributed by atoms with Gasteiger partial charge >= 0.3 is 0 Å². The van der Waals surface area contributed by atoms with Crippen molar-refractivity contribution in [3.8, 4) is 0 Å². The first-order valence-corrected chi connectivity index (χ1v) is 8.44. The summed E-state index contributed by atoms with van der Waals surface area (Å²) < 4.78 is 0. The van der Waals surface area contributed by atoms with Crippen molar-refractivity contribution >= 4 is 12.6 Å². The van der Waals surface area contributed by atoms with Crippen LogP contribution in [-0.4, -0.2) is 10.3 Å². The Morgan fingerprint density at radius 3 is 2.81 bits per heavy atom. The molecule has 21 heavy (non-hydrogen) atoms. The second kappa shape index (κ2) is 5.24. The molecule has 1 heterocycles. The Labute approximate surface area is 134 Å². The molecule has 0 saturated carbocycles. The van der Waals surface area contributed by atoms with Crippen molar-refractivity contribution in [3.63, 3.8) is 0 Å². The van der Waals surface area contributed by atoms with Crippen molar-refractivity contribution in [2.75, 3.05) is 0 Å². The number of hydrogen-bond donors (Lipinski definition) is 1. The summed E-state index contributed by atoms with van der Waals surface area (Å²) in [6.45, 7) is 11.3. The van der Waals surface area contributed by atoms with Crippen molar-refractivity contribution < 1.29 is 0 Å². The molecule has 3 rings (SSSR count). The zero-order valence-electron chi connectivity index (χ0n) is 13.3. The molecule has 1 nitrogen and oxygen atoms in total. The van der Waals surface area contributed by atoms with Gasteiger partial charge in [0.05, 0.1) is 5.37 Å². The van der Waals surface area contributed by atoms with Crippen LogP contribution in [0.5, 0.6) is 0 Å². The summed E-state index contributed by atoms with van der Waals surface area (Å²) in [7, 11) is 0. The van der Waals surface area contributed by atoms with Gasteiger partial charge in [-0.1, -0.05) is 64.1 Å². The van der Waals surface area contributed by atoms with E-state index in [1.54, 1.807) is 0 Å². The lowest BCUT2D eigenvalue weighted by Gasteiger charge is -2.31. The van der Waals surface area contributed by atoms with Crippen LogP contribution in [0.2, 0.25) is 0 Å². The first-order chi connectivity index (χ1) is 9.98. The van der Waals surface area contributed by atoms with Gasteiger partial charge in [0.15, 0.2) is 0 Å². The Kier molecular flexibility index (Phi) is 3.69. The molecule has 0 amide bonds. The maximum Gasteiger partial charge on any atom is 0.0764 e. The minimum absolute atomic E-state index is 0.0527. The highest BCUT2D eigenvalue weighted by atomic mass is 32.1. The quantitative estimate of drug-likeness (QED) is 0.758. The fourth-order valence-corrected chi connectivity index (χ4v) is 4.39. The zero-order valence-corrected chi connectivity index (χ0v) is 14.2. The van der Waals surface area contributed by atoms with E-state index in [2.05, 4.69) is 62.6 Å². The average Bonchev–Trinajstić information content (AvgIpc) is 2.67. The number of allylic oxidation sites excluding steroid dienone is 3. The van der Waals surface area contributed by atoms with Crippen molar-refractivity contribution in [1.29, 1.82) is 0 Å². The Morgan fingerprint density at radius 2 is 2.10 bits per heavy atom. The number of thiol groups is 1. The van der Waals surface area contributed by atoms with Crippen LogP contribution in [-0.2, 0) is 6.42 Å². The third-order valence-electron chi connectivity index (χ3n) is 5.07. The third kappa shape index (κ3) is 2.15. The van der Waals surface area contributed by atoms with Gasteiger partial charge < -0.3 is 4.90 Å². The Bertz CT molecular complexity index is 599. The first-order valence-electron chi connectivity index (χ1n) is 7.93. The SMILES string of the molecule is C=C1N(C(S)CCC)C2=CCc3ccccc3C2C1(C)C. The van der Waals surface area contributed by atoms with E-state index in [-0.39, 0.29) is 10.8 Å². The molecule has 112 valence electrons. The molecule has 2 atom stereocenters. The third-order valence-corrected chi connectivity index (χ3v) is 5.56. The van der Waals surface area contributed by atoms with E-state index >= 15 is 0 Å². The molecule has 2 aliphatic rings. The van der Waals surface area contributed by atoms with Gasteiger partial charge in [-0.2, -0.15) is 12.6 Å². The lowest BCUT2D eigenvalue weighted by molar-refractivity contribution is 0.367. The Hall–Kier alpha value is -1.15. The summed E-state index contributed by atoms with van der Waals surface area (Å²) in [5.74, 6) is 0.418. The Morgan fingerprint density at radius 1 is 1.38 bits per heavy atom. The molecule has 0 radical (unpaired) electrons. The van der Waals surface area contributed by atoms with Crippen LogP contribution in [0.4, 0.5) is 0 Å². The molecule has 0 bridgehead atoms. The van der Waals surface area contributed by atoms with Gasteiger partial charge in [0.1, 0.15) is 0 Å². The van der Waals surface area contributed by atoms with Gasteiger partial charge in [0, 0.05) is 22.7 Å². The predicted octanol–water partition coefficient (Wildman–Crippen LogP) is 5.12. The van der Waals surface area contributed by atoms with E-state index in [1.165, 1.54) is 22.5 Å². The van der Waals surface area contributed by atoms with Crippen LogP contribution in [0.15, 0.2) is 48.3 Å². The number of fused-ring (bicyclic) bond motifs is 3. The number of benzene rings is 1. The van der Waals surface area contributed by atoms with Gasteiger partial charge in [0.2, 0.25) is 0 Å². The van der Waals surface area contributed by atoms with E-state index in [1.807, 2.05) is 0 Å². The largest absolute Gasteiger partial charge is 0.336 e. The second-order valence-electron chi connectivity index (χ2n) is 6.77. The fourth-order valence-electron chi connectivity index (χ4n) is 3.86. The van der Waals surface area contributed by atoms with Crippen LogP contribution in [0.1, 0.15) is 50.7 Å². The highest BCUT2D eigenvalue weighted by molar-refractivity contribution is 7.80. The van der Waals surface area contributed by atoms with Crippen molar-refractivity contribution in [3.05, 3.63) is 59.4 Å². The molecule has 2 heteroatoms. The van der Waals surface area contributed by atoms with Gasteiger partial charge in [-0.15, -0.1) is 0 Å². The zero-order chi connectivity index (χ0) is 15.2. The molecule has 0 aromatic heterocycles. The topological polar surface area (TPSA) is 3.24 Å². The highest BCUT2D eigenvalue weighted by Gasteiger charge is 2.49. The van der Waals surface area contributed by atoms with Gasteiger partial charge in [-0.05, 0) is 24.0 Å². The number of rotatable bonds is 3. The summed E-state index contributed by atoms with van der Waals surface area (Å²) >= 11 is 4.85. The van der Waals surface area contributed by atoms with Crippen LogP contribution in [0.3, 0.4) is 0 Å². The van der Waals surface area contributed by atoms with Crippen LogP contribution < -0.4 is 0 Å². The van der Waals surface area contributed by atoms with Crippen molar-refractivity contribution in [1.82, 2.24) is 4.90 Å². The Balaban J connectivity index is 2.08. The van der Waals surface area contributed by atoms with Crippen LogP contribution in [0, 0.1) is 5.41 Å². The summed E-state index contributed by atoms with van der Waals surface area (Å²) in [6.07, 6.45) is 5.65. The summed E-state index contributed by atoms with van der Waals surface area (Å²) in [6, 6.07) is 8.85. The van der Waals surface area contributed by atoms with Gasteiger partial charge in [-0.25, -0.2) is 0 Å². The maximum absolute atomic E-state index is 4.85. The van der Waals surface area contributed by atoms with E-state index in [4.69, 9.17) is 12.6 Å². The standard InChI is InChI=1S/C19H25NS/c1-5-8-17(21)20-13(2)19(3,4)18-15-10-7-6-9-14(15)11-12-16(18)20/h6-7,9-10,12,17-18,21H,2,5,8,11H2,1,3-4H3. The average molecular weight is 299 g/mol. The molecule has 0 N–H and O–H groups in total. The number of likely N-dealkylation sites (tertiary alicyclic amines) is 1. The minimum Gasteiger partial charge on any atom is -0.336 e. The molecular weight excluding hydrogens is 274 g/mol. The lowest BCUT2D eigenvalue weighted by Crippen LogP contribution is -2.27. The lowest BCUT2D eigenvalue weighted by atomic mass is 9.71. The monoisotopic (exact) mass is 299 g/mol.